The zero-order chi connectivity index (χ0) is 14.8. The summed E-state index contributed by atoms with van der Waals surface area (Å²) in [5.41, 5.74) is 4.92. The molecule has 21 heavy (non-hydrogen) atoms. The number of nitrogens with zero attached hydrogens (tertiary/aromatic N) is 1. The molecule has 0 N–H and O–H groups in total. The number of amides is 1. The lowest BCUT2D eigenvalue weighted by molar-refractivity contribution is 0.111. The SMILES string of the molecule is [CH2]CN(C)C(=O)OCC1c2ccccc2-c2ccccc21. The number of hydrogen-bond acceptors (Lipinski definition) is 2. The van der Waals surface area contributed by atoms with E-state index in [9.17, 15) is 4.79 Å². The highest BCUT2D eigenvalue weighted by Gasteiger charge is 2.29. The molecule has 1 aliphatic rings. The maximum absolute atomic E-state index is 11.8. The van der Waals surface area contributed by atoms with Crippen molar-refractivity contribution in [2.75, 3.05) is 20.2 Å². The van der Waals surface area contributed by atoms with Crippen molar-refractivity contribution in [1.29, 1.82) is 0 Å². The largest absolute Gasteiger partial charge is 0.448 e. The Hall–Kier alpha value is -2.29. The van der Waals surface area contributed by atoms with E-state index >= 15 is 0 Å². The summed E-state index contributed by atoms with van der Waals surface area (Å²) in [5.74, 6) is 0.111. The lowest BCUT2D eigenvalue weighted by Crippen LogP contribution is -2.28. The minimum Gasteiger partial charge on any atom is -0.448 e. The normalized spacial score (nSPS) is 12.7. The van der Waals surface area contributed by atoms with Crippen LogP contribution in [0.4, 0.5) is 4.79 Å². The quantitative estimate of drug-likeness (QED) is 0.858. The van der Waals surface area contributed by atoms with Gasteiger partial charge in [-0.1, -0.05) is 48.5 Å². The molecule has 1 amide bonds. The number of carbonyl (C=O) groups excluding carboxylic acids is 1. The maximum Gasteiger partial charge on any atom is 0.409 e. The minimum absolute atomic E-state index is 0.111. The molecular formula is C18H18NO2. The van der Waals surface area contributed by atoms with Gasteiger partial charge in [0.05, 0.1) is 0 Å². The molecular weight excluding hydrogens is 262 g/mol. The van der Waals surface area contributed by atoms with E-state index in [4.69, 9.17) is 4.74 Å². The zero-order valence-corrected chi connectivity index (χ0v) is 12.1. The van der Waals surface area contributed by atoms with Crippen LogP contribution in [0.3, 0.4) is 0 Å². The molecule has 0 saturated carbocycles. The van der Waals surface area contributed by atoms with Crippen molar-refractivity contribution < 1.29 is 9.53 Å². The fourth-order valence-corrected chi connectivity index (χ4v) is 2.80. The smallest absolute Gasteiger partial charge is 0.409 e. The third-order valence-corrected chi connectivity index (χ3v) is 3.98. The molecule has 1 radical (unpaired) electrons. The molecule has 0 aliphatic heterocycles. The first-order valence-electron chi connectivity index (χ1n) is 7.07. The van der Waals surface area contributed by atoms with Crippen molar-refractivity contribution in [2.24, 2.45) is 0 Å². The van der Waals surface area contributed by atoms with Crippen LogP contribution in [0.25, 0.3) is 11.1 Å². The van der Waals surface area contributed by atoms with E-state index in [0.29, 0.717) is 13.2 Å². The number of benzene rings is 2. The van der Waals surface area contributed by atoms with E-state index < -0.39 is 0 Å². The van der Waals surface area contributed by atoms with Crippen LogP contribution in [-0.2, 0) is 4.74 Å². The Morgan fingerprint density at radius 3 is 2.14 bits per heavy atom. The third-order valence-electron chi connectivity index (χ3n) is 3.98. The Balaban J connectivity index is 1.87. The van der Waals surface area contributed by atoms with Gasteiger partial charge in [-0.25, -0.2) is 4.79 Å². The molecule has 3 rings (SSSR count). The lowest BCUT2D eigenvalue weighted by atomic mass is 9.98. The highest BCUT2D eigenvalue weighted by molar-refractivity contribution is 5.79. The van der Waals surface area contributed by atoms with Crippen LogP contribution < -0.4 is 0 Å². The number of rotatable bonds is 3. The molecule has 0 atom stereocenters. The Morgan fingerprint density at radius 1 is 1.10 bits per heavy atom. The van der Waals surface area contributed by atoms with Crippen LogP contribution in [0, 0.1) is 6.92 Å². The van der Waals surface area contributed by atoms with Crippen LogP contribution in [0.2, 0.25) is 0 Å². The molecule has 0 saturated heterocycles. The lowest BCUT2D eigenvalue weighted by Gasteiger charge is -2.18. The fraction of sp³-hybridized carbons (Fsp3) is 0.222. The van der Waals surface area contributed by atoms with Gasteiger partial charge in [0, 0.05) is 19.5 Å². The van der Waals surface area contributed by atoms with E-state index in [1.807, 2.05) is 24.3 Å². The van der Waals surface area contributed by atoms with E-state index in [2.05, 4.69) is 31.2 Å². The predicted molar refractivity (Wildman–Crippen MR) is 83.1 cm³/mol. The number of carbonyl (C=O) groups is 1. The van der Waals surface area contributed by atoms with E-state index in [1.165, 1.54) is 27.2 Å². The summed E-state index contributed by atoms with van der Waals surface area (Å²) in [6, 6.07) is 16.6. The summed E-state index contributed by atoms with van der Waals surface area (Å²) in [6.45, 7) is 4.44. The maximum atomic E-state index is 11.8. The Morgan fingerprint density at radius 2 is 1.62 bits per heavy atom. The van der Waals surface area contributed by atoms with Crippen molar-refractivity contribution in [3.05, 3.63) is 66.6 Å². The van der Waals surface area contributed by atoms with Gasteiger partial charge in [0.15, 0.2) is 0 Å². The van der Waals surface area contributed by atoms with Gasteiger partial charge in [0.1, 0.15) is 6.61 Å². The molecule has 3 nitrogen and oxygen atoms in total. The molecule has 3 heteroatoms. The van der Waals surface area contributed by atoms with Crippen molar-refractivity contribution in [3.63, 3.8) is 0 Å². The van der Waals surface area contributed by atoms with E-state index in [1.54, 1.807) is 7.05 Å². The van der Waals surface area contributed by atoms with Gasteiger partial charge in [0.25, 0.3) is 0 Å². The highest BCUT2D eigenvalue weighted by Crippen LogP contribution is 2.44. The molecule has 2 aromatic carbocycles. The van der Waals surface area contributed by atoms with E-state index in [-0.39, 0.29) is 12.0 Å². The van der Waals surface area contributed by atoms with Gasteiger partial charge in [-0.05, 0) is 29.2 Å². The minimum atomic E-state index is -0.327. The number of hydrogen-bond donors (Lipinski definition) is 0. The average Bonchev–Trinajstić information content (AvgIpc) is 2.86. The van der Waals surface area contributed by atoms with Gasteiger partial charge in [-0.3, -0.25) is 0 Å². The molecule has 107 valence electrons. The predicted octanol–water partition coefficient (Wildman–Crippen LogP) is 3.70. The molecule has 0 heterocycles. The summed E-state index contributed by atoms with van der Waals surface area (Å²) in [5, 5.41) is 0. The van der Waals surface area contributed by atoms with Crippen LogP contribution in [0.15, 0.2) is 48.5 Å². The number of fused-ring (bicyclic) bond motifs is 3. The van der Waals surface area contributed by atoms with Gasteiger partial charge in [-0.15, -0.1) is 0 Å². The summed E-state index contributed by atoms with van der Waals surface area (Å²) in [4.78, 5) is 13.3. The Bertz CT molecular complexity index is 620. The zero-order valence-electron chi connectivity index (χ0n) is 12.1. The van der Waals surface area contributed by atoms with Crippen LogP contribution >= 0.6 is 0 Å². The summed E-state index contributed by atoms with van der Waals surface area (Å²) in [6.07, 6.45) is -0.327. The van der Waals surface area contributed by atoms with Crippen molar-refractivity contribution in [1.82, 2.24) is 4.90 Å². The monoisotopic (exact) mass is 280 g/mol. The first-order chi connectivity index (χ1) is 10.2. The van der Waals surface area contributed by atoms with Gasteiger partial charge < -0.3 is 9.64 Å². The molecule has 0 fully saturated rings. The molecule has 2 aromatic rings. The fourth-order valence-electron chi connectivity index (χ4n) is 2.80. The second kappa shape index (κ2) is 5.60. The van der Waals surface area contributed by atoms with Crippen molar-refractivity contribution >= 4 is 6.09 Å². The van der Waals surface area contributed by atoms with Crippen LogP contribution in [0.1, 0.15) is 17.0 Å². The first-order valence-corrected chi connectivity index (χ1v) is 7.07. The Labute approximate surface area is 125 Å². The standard InChI is InChI=1S/C18H18NO2/c1-3-19(2)18(20)21-12-17-15-10-6-4-8-13(15)14-9-5-7-11-16(14)17/h4-11,17H,1,3,12H2,2H3. The first kappa shape index (κ1) is 13.7. The number of ether oxygens (including phenoxy) is 1. The molecule has 0 spiro atoms. The molecule has 1 aliphatic carbocycles. The van der Waals surface area contributed by atoms with Crippen molar-refractivity contribution in [2.45, 2.75) is 5.92 Å². The van der Waals surface area contributed by atoms with Gasteiger partial charge >= 0.3 is 6.09 Å². The second-order valence-electron chi connectivity index (χ2n) is 5.23. The topological polar surface area (TPSA) is 29.5 Å². The summed E-state index contributed by atoms with van der Waals surface area (Å²) >= 11 is 0. The molecule has 0 aromatic heterocycles. The van der Waals surface area contributed by atoms with Crippen LogP contribution in [-0.4, -0.2) is 31.2 Å². The van der Waals surface area contributed by atoms with Gasteiger partial charge in [0.2, 0.25) is 0 Å². The molecule has 0 unspecified atom stereocenters. The summed E-state index contributed by atoms with van der Waals surface area (Å²) < 4.78 is 5.44. The third kappa shape index (κ3) is 2.40. The van der Waals surface area contributed by atoms with Crippen LogP contribution in [0.5, 0.6) is 0 Å². The second-order valence-corrected chi connectivity index (χ2v) is 5.23. The molecule has 0 bridgehead atoms. The average molecular weight is 280 g/mol. The van der Waals surface area contributed by atoms with E-state index in [0.717, 1.165) is 0 Å². The highest BCUT2D eigenvalue weighted by atomic mass is 16.6. The van der Waals surface area contributed by atoms with Crippen molar-refractivity contribution in [3.8, 4) is 11.1 Å². The summed E-state index contributed by atoms with van der Waals surface area (Å²) in [7, 11) is 1.69. The van der Waals surface area contributed by atoms with Gasteiger partial charge in [-0.2, -0.15) is 0 Å². The Kier molecular flexibility index (Phi) is 3.65.